The molecule has 22 aliphatic carbocycles. The highest BCUT2D eigenvalue weighted by atomic mass is 32.2. The fourth-order valence-corrected chi connectivity index (χ4v) is 41.1. The van der Waals surface area contributed by atoms with Crippen LogP contribution in [0.25, 0.3) is 0 Å². The normalized spacial score (nSPS) is 31.1. The predicted octanol–water partition coefficient (Wildman–Crippen LogP) is 32.0. The molecule has 22 fully saturated rings. The minimum Gasteiger partial charge on any atom is -0.744 e. The van der Waals surface area contributed by atoms with Gasteiger partial charge in [0.15, 0.2) is 0 Å². The smallest absolute Gasteiger partial charge is 0.125 e. The van der Waals surface area contributed by atoms with E-state index in [-0.39, 0.29) is 78.4 Å². The fourth-order valence-electron chi connectivity index (χ4n) is 36.5. The van der Waals surface area contributed by atoms with Gasteiger partial charge in [-0.2, -0.15) is 0 Å². The molecule has 146 heavy (non-hydrogen) atoms. The van der Waals surface area contributed by atoms with Gasteiger partial charge < -0.3 is 33.0 Å². The Hall–Kier alpha value is -4.75. The highest BCUT2D eigenvalue weighted by Gasteiger charge is 2.55. The standard InChI is InChI=1S/C36H48O3S.C30H48O3S.C24H36O3S.C18H26O4S.C16H22O4S/c37-40(38,39)36-31(34-26-8-20-2-21(10-26)11-27(34)9-20)16-30(33-24-4-18-1-19(6-24)7-25(33)5-18)17-32(36)35-28-12-22-3-23(14-28)15-29(35)13-22;31-34(32,33)30-28(25-18-12-6-2-7-13-19-25)22-27(24-16-10-4-1-5-11-17-24)23-29(30)26-20-14-8-3-9-15-21-26;25-28(26,27)24-22(19-12-6-2-7-13-19)16-21(18-10-4-1-5-11-18)17-23(24)20-14-8-3-9-15-20;19-18-16(13-7-3-1-4-8-13)11-15(23(20,21)22)12-17(18)14-9-5-2-6-10-14;17-13-9-14(11-5-1-2-6-11)16(21(18,19)20)15(10-13)12-7-3-4-8-12/h16-29,33-35H,1-15H2,(H,37,38,39);22-26H,1-21H2,(H,31,32,33);16-20H,1-15H2,(H,25,26,27);11-14,19H,1-10H2,(H,20,21,22);9-12,17H,1-8H2,(H,18,19,20)/p-5. The molecule has 17 nitrogen and oxygen atoms in total. The summed E-state index contributed by atoms with van der Waals surface area (Å²) in [4.78, 5) is 0.509. The van der Waals surface area contributed by atoms with Crippen molar-refractivity contribution in [3.05, 3.63) is 133 Å². The van der Waals surface area contributed by atoms with E-state index in [0.29, 0.717) is 80.4 Å². The van der Waals surface area contributed by atoms with Crippen molar-refractivity contribution in [2.75, 3.05) is 0 Å². The summed E-state index contributed by atoms with van der Waals surface area (Å²) in [6.45, 7) is 0. The lowest BCUT2D eigenvalue weighted by Gasteiger charge is -2.57. The molecule has 22 heteroatoms. The van der Waals surface area contributed by atoms with Gasteiger partial charge in [0.05, 0.1) is 24.5 Å². The van der Waals surface area contributed by atoms with Crippen molar-refractivity contribution in [1.29, 1.82) is 0 Å². The van der Waals surface area contributed by atoms with Gasteiger partial charge >= 0.3 is 0 Å². The van der Waals surface area contributed by atoms with E-state index in [4.69, 9.17) is 0 Å². The Balaban J connectivity index is 0.000000113. The molecule has 0 saturated heterocycles. The highest BCUT2D eigenvalue weighted by Crippen LogP contribution is 2.67. The maximum absolute atomic E-state index is 13.5. The SMILES string of the molecule is O=S(=O)([O-])c1c(C2C3CC4CC(C3)CC2C4)cc(C2C3CC4CC(C3)CC2C4)cc1C1C2CC3CC(C2)CC1C3.O=S(=O)([O-])c1c(C2CCCC2)cc(O)cc1C1CCCC1.O=S(=O)([O-])c1c(C2CCCCC2)cc(C2CCCCC2)cc1C1CCCCC1.O=S(=O)([O-])c1c(C2CCCCCCC2)cc(C2CCCCCCC2)cc1C1CCCCCCC1.O=S(=O)([O-])c1cc(C2CCCCC2)c(O)c(C2CCCCC2)c1. The maximum atomic E-state index is 13.5. The lowest BCUT2D eigenvalue weighted by atomic mass is 9.48. The minimum atomic E-state index is -4.55. The largest absolute Gasteiger partial charge is 0.744 e. The quantitative estimate of drug-likeness (QED) is 0.0770. The molecule has 5 aromatic rings. The molecular formula is C124H175O17S5-5. The topological polar surface area (TPSA) is 326 Å². The van der Waals surface area contributed by atoms with Crippen molar-refractivity contribution in [3.8, 4) is 11.5 Å². The van der Waals surface area contributed by atoms with E-state index in [0.717, 1.165) is 286 Å². The average Bonchev–Trinajstić information content (AvgIpc) is 0.750. The molecule has 0 aliphatic heterocycles. The second-order valence-corrected chi connectivity index (χ2v) is 58.5. The van der Waals surface area contributed by atoms with Crippen LogP contribution >= 0.6 is 0 Å². The van der Waals surface area contributed by atoms with Gasteiger partial charge in [0.2, 0.25) is 0 Å². The van der Waals surface area contributed by atoms with Gasteiger partial charge in [-0.15, -0.1) is 0 Å². The molecule has 2 N–H and O–H groups in total. The summed E-state index contributed by atoms with van der Waals surface area (Å²) in [5.74, 6) is 13.3. The second-order valence-electron chi connectivity index (χ2n) is 51.9. The summed E-state index contributed by atoms with van der Waals surface area (Å²) in [5, 5.41) is 20.8. The van der Waals surface area contributed by atoms with Crippen molar-refractivity contribution in [1.82, 2.24) is 0 Å². The van der Waals surface area contributed by atoms with Crippen molar-refractivity contribution in [2.24, 2.45) is 71.0 Å². The van der Waals surface area contributed by atoms with E-state index in [9.17, 15) is 75.1 Å². The first kappa shape index (κ1) is 108. The van der Waals surface area contributed by atoms with Gasteiger partial charge in [0, 0.05) is 0 Å². The molecule has 808 valence electrons. The van der Waals surface area contributed by atoms with Gasteiger partial charge in [-0.1, -0.05) is 255 Å². The summed E-state index contributed by atoms with van der Waals surface area (Å²) < 4.78 is 187. The monoisotopic (exact) mass is 2100 g/mol. The fraction of sp³-hybridized carbons (Fsp3) is 0.758. The van der Waals surface area contributed by atoms with E-state index in [1.807, 2.05) is 0 Å². The summed E-state index contributed by atoms with van der Waals surface area (Å²) in [7, 11) is -22.5. The molecule has 22 saturated carbocycles. The number of hydrogen-bond acceptors (Lipinski definition) is 17. The predicted molar refractivity (Wildman–Crippen MR) is 571 cm³/mol. The Labute approximate surface area is 879 Å². The third kappa shape index (κ3) is 25.2. The van der Waals surface area contributed by atoms with Gasteiger partial charge in [0.1, 0.15) is 62.1 Å². The minimum absolute atomic E-state index is 0.0286. The van der Waals surface area contributed by atoms with Crippen LogP contribution in [0.2, 0.25) is 0 Å². The van der Waals surface area contributed by atoms with Crippen molar-refractivity contribution in [3.63, 3.8) is 0 Å². The Morgan fingerprint density at radius 3 is 0.568 bits per heavy atom. The molecule has 0 atom stereocenters. The molecule has 5 aromatic carbocycles. The summed E-state index contributed by atoms with van der Waals surface area (Å²) in [6.07, 6.45) is 80.9. The Bertz CT molecular complexity index is 5570. The molecule has 0 heterocycles. The Morgan fingerprint density at radius 2 is 0.349 bits per heavy atom. The van der Waals surface area contributed by atoms with Crippen LogP contribution in [0.3, 0.4) is 0 Å². The van der Waals surface area contributed by atoms with Gasteiger partial charge in [-0.3, -0.25) is 0 Å². The lowest BCUT2D eigenvalue weighted by molar-refractivity contribution is -0.00869. The zero-order chi connectivity index (χ0) is 101. The van der Waals surface area contributed by atoms with Crippen molar-refractivity contribution in [2.45, 2.75) is 544 Å². The third-order valence-electron chi connectivity index (χ3n) is 42.4. The molecule has 0 aromatic heterocycles. The molecular weight excluding hydrogens is 1920 g/mol. The average molecular weight is 2100 g/mol. The van der Waals surface area contributed by atoms with E-state index in [1.54, 1.807) is 0 Å². The zero-order valence-electron chi connectivity index (χ0n) is 88.1. The summed E-state index contributed by atoms with van der Waals surface area (Å²) in [5.41, 5.74) is 12.3. The van der Waals surface area contributed by atoms with Gasteiger partial charge in [0.25, 0.3) is 0 Å². The lowest BCUT2D eigenvalue weighted by Crippen LogP contribution is -2.46. The number of benzene rings is 5. The molecule has 27 rings (SSSR count). The van der Waals surface area contributed by atoms with Gasteiger partial charge in [-0.25, -0.2) is 42.1 Å². The van der Waals surface area contributed by atoms with Crippen LogP contribution < -0.4 is 0 Å². The van der Waals surface area contributed by atoms with Gasteiger partial charge in [-0.05, 0) is 469 Å². The van der Waals surface area contributed by atoms with E-state index in [1.165, 1.54) is 279 Å². The number of rotatable bonds is 18. The molecule has 12 bridgehead atoms. The Kier molecular flexibility index (Phi) is 35.2. The van der Waals surface area contributed by atoms with Crippen LogP contribution in [0.15, 0.2) is 85.1 Å². The van der Waals surface area contributed by atoms with Crippen LogP contribution in [0.1, 0.15) is 592 Å². The molecule has 0 amide bonds. The highest BCUT2D eigenvalue weighted by molar-refractivity contribution is 7.87. The second kappa shape index (κ2) is 47.5. The van der Waals surface area contributed by atoms with Crippen molar-refractivity contribution < 1.29 is 75.1 Å². The van der Waals surface area contributed by atoms with Crippen LogP contribution in [-0.2, 0) is 50.6 Å². The first-order valence-corrected chi connectivity index (χ1v) is 67.4. The van der Waals surface area contributed by atoms with E-state index >= 15 is 0 Å². The summed E-state index contributed by atoms with van der Waals surface area (Å²) in [6, 6.07) is 19.4. The molecule has 0 unspecified atom stereocenters. The van der Waals surface area contributed by atoms with Crippen LogP contribution in [0.5, 0.6) is 11.5 Å². The third-order valence-corrected chi connectivity index (χ3v) is 47.1. The molecule has 22 aliphatic rings. The van der Waals surface area contributed by atoms with E-state index < -0.39 is 50.6 Å². The zero-order valence-corrected chi connectivity index (χ0v) is 92.1. The number of hydrogen-bond donors (Lipinski definition) is 2. The van der Waals surface area contributed by atoms with Crippen LogP contribution in [-0.4, -0.2) is 75.1 Å². The first-order valence-electron chi connectivity index (χ1n) is 60.4. The molecule has 0 spiro atoms. The van der Waals surface area contributed by atoms with Crippen LogP contribution in [0, 0.1) is 71.0 Å². The maximum Gasteiger partial charge on any atom is 0.125 e. The number of aromatic hydroxyl groups is 2. The number of phenolic OH excluding ortho intramolecular Hbond substituents is 2. The Morgan fingerprint density at radius 1 is 0.178 bits per heavy atom. The van der Waals surface area contributed by atoms with E-state index in [2.05, 4.69) is 36.4 Å². The number of phenols is 2. The first-order chi connectivity index (χ1) is 70.3. The van der Waals surface area contributed by atoms with Crippen LogP contribution in [0.4, 0.5) is 0 Å². The van der Waals surface area contributed by atoms with Crippen molar-refractivity contribution >= 4 is 50.6 Å². The summed E-state index contributed by atoms with van der Waals surface area (Å²) >= 11 is 0. The molecule has 0 radical (unpaired) electrons.